The van der Waals surface area contributed by atoms with Gasteiger partial charge in [-0.2, -0.15) is 0 Å². The van der Waals surface area contributed by atoms with Crippen LogP contribution in [-0.2, 0) is 13.0 Å². The van der Waals surface area contributed by atoms with Gasteiger partial charge in [0.25, 0.3) is 0 Å². The molecule has 0 aliphatic heterocycles. The van der Waals surface area contributed by atoms with E-state index < -0.39 is 0 Å². The van der Waals surface area contributed by atoms with Crippen LogP contribution < -0.4 is 10.2 Å². The number of nitrogens with one attached hydrogen (secondary N) is 1. The molecule has 19 heavy (non-hydrogen) atoms. The third-order valence-electron chi connectivity index (χ3n) is 3.00. The van der Waals surface area contributed by atoms with E-state index in [1.807, 2.05) is 0 Å². The largest absolute Gasteiger partial charge is 0.346 e. The first-order chi connectivity index (χ1) is 9.24. The predicted molar refractivity (Wildman–Crippen MR) is 82.3 cm³/mol. The number of nitrogens with zero attached hydrogens (tertiary/aromatic N) is 2. The summed E-state index contributed by atoms with van der Waals surface area (Å²) in [6.07, 6.45) is 7.55. The molecule has 0 radical (unpaired) electrons. The maximum Gasteiger partial charge on any atom is 0.129 e. The van der Waals surface area contributed by atoms with E-state index in [0.29, 0.717) is 6.54 Å². The average molecular weight is 259 g/mol. The molecular weight excluding hydrogens is 234 g/mol. The minimum Gasteiger partial charge on any atom is -0.346 e. The number of aryl methyl sites for hydroxylation is 1. The van der Waals surface area contributed by atoms with Crippen molar-refractivity contribution in [3.05, 3.63) is 23.4 Å². The molecule has 1 aromatic rings. The first kappa shape index (κ1) is 15.5. The summed E-state index contributed by atoms with van der Waals surface area (Å²) in [4.78, 5) is 6.86. The fourth-order valence-electron chi connectivity index (χ4n) is 2.02. The van der Waals surface area contributed by atoms with E-state index in [4.69, 9.17) is 11.4 Å². The molecule has 0 amide bonds. The zero-order valence-electron chi connectivity index (χ0n) is 12.4. The van der Waals surface area contributed by atoms with E-state index in [0.717, 1.165) is 44.0 Å². The van der Waals surface area contributed by atoms with Gasteiger partial charge in [-0.25, -0.2) is 4.98 Å². The van der Waals surface area contributed by atoms with Crippen LogP contribution in [0, 0.1) is 12.3 Å². The number of pyridine rings is 1. The summed E-state index contributed by atoms with van der Waals surface area (Å²) in [5.41, 5.74) is 2.44. The minimum absolute atomic E-state index is 0.611. The van der Waals surface area contributed by atoms with Gasteiger partial charge in [0.1, 0.15) is 5.82 Å². The maximum atomic E-state index is 5.43. The Morgan fingerprint density at radius 2 is 2.11 bits per heavy atom. The van der Waals surface area contributed by atoms with Gasteiger partial charge in [-0.1, -0.05) is 26.2 Å². The topological polar surface area (TPSA) is 28.2 Å². The Hall–Kier alpha value is -1.53. The zero-order chi connectivity index (χ0) is 14.1. The van der Waals surface area contributed by atoms with Crippen molar-refractivity contribution >= 4 is 5.82 Å². The zero-order valence-corrected chi connectivity index (χ0v) is 12.4. The van der Waals surface area contributed by atoms with Crippen molar-refractivity contribution in [1.82, 2.24) is 10.3 Å². The van der Waals surface area contributed by atoms with Gasteiger partial charge in [-0.15, -0.1) is 6.42 Å². The lowest BCUT2D eigenvalue weighted by Gasteiger charge is -2.21. The lowest BCUT2D eigenvalue weighted by atomic mass is 10.1. The van der Waals surface area contributed by atoms with Crippen molar-refractivity contribution in [3.63, 3.8) is 0 Å². The van der Waals surface area contributed by atoms with Crippen molar-refractivity contribution < 1.29 is 0 Å². The molecule has 0 atom stereocenters. The second-order valence-electron chi connectivity index (χ2n) is 4.57. The number of anilines is 1. The molecule has 0 fully saturated rings. The Morgan fingerprint density at radius 1 is 1.32 bits per heavy atom. The normalized spacial score (nSPS) is 10.2. The summed E-state index contributed by atoms with van der Waals surface area (Å²) >= 11 is 0. The summed E-state index contributed by atoms with van der Waals surface area (Å²) in [5.74, 6) is 3.70. The molecule has 0 aliphatic rings. The molecule has 1 heterocycles. The van der Waals surface area contributed by atoms with Gasteiger partial charge in [0.15, 0.2) is 0 Å². The van der Waals surface area contributed by atoms with Crippen molar-refractivity contribution in [3.8, 4) is 12.3 Å². The molecular formula is C16H25N3. The van der Waals surface area contributed by atoms with Crippen molar-refractivity contribution in [2.24, 2.45) is 0 Å². The Bertz CT molecular complexity index is 420. The summed E-state index contributed by atoms with van der Waals surface area (Å²) in [7, 11) is 0. The predicted octanol–water partition coefficient (Wildman–Crippen LogP) is 2.60. The van der Waals surface area contributed by atoms with E-state index >= 15 is 0 Å². The van der Waals surface area contributed by atoms with Crippen molar-refractivity contribution in [2.45, 2.75) is 40.2 Å². The Labute approximate surface area is 117 Å². The fourth-order valence-corrected chi connectivity index (χ4v) is 2.02. The molecule has 0 aromatic carbocycles. The molecule has 1 N–H and O–H groups in total. The van der Waals surface area contributed by atoms with E-state index in [2.05, 4.69) is 49.0 Å². The number of terminal acetylenes is 1. The first-order valence-electron chi connectivity index (χ1n) is 7.14. The first-order valence-corrected chi connectivity index (χ1v) is 7.14. The van der Waals surface area contributed by atoms with E-state index in [9.17, 15) is 0 Å². The van der Waals surface area contributed by atoms with Crippen LogP contribution in [-0.4, -0.2) is 24.6 Å². The molecule has 3 nitrogen and oxygen atoms in total. The van der Waals surface area contributed by atoms with Gasteiger partial charge in [0.05, 0.1) is 6.54 Å². The SMILES string of the molecule is C#CCN(CC)c1cc(CNCC)cc(CCC)n1. The molecule has 1 rings (SSSR count). The highest BCUT2D eigenvalue weighted by atomic mass is 15.2. The number of hydrogen-bond donors (Lipinski definition) is 1. The van der Waals surface area contributed by atoms with Gasteiger partial charge in [-0.05, 0) is 37.6 Å². The van der Waals surface area contributed by atoms with Gasteiger partial charge < -0.3 is 10.2 Å². The van der Waals surface area contributed by atoms with Crippen LogP contribution in [0.3, 0.4) is 0 Å². The van der Waals surface area contributed by atoms with Crippen molar-refractivity contribution in [2.75, 3.05) is 24.5 Å². The van der Waals surface area contributed by atoms with Crippen LogP contribution in [0.5, 0.6) is 0 Å². The average Bonchev–Trinajstić information content (AvgIpc) is 2.42. The van der Waals surface area contributed by atoms with E-state index in [-0.39, 0.29) is 0 Å². The van der Waals surface area contributed by atoms with Crippen LogP contribution in [0.25, 0.3) is 0 Å². The number of aromatic nitrogens is 1. The number of hydrogen-bond acceptors (Lipinski definition) is 3. The van der Waals surface area contributed by atoms with Gasteiger partial charge >= 0.3 is 0 Å². The van der Waals surface area contributed by atoms with Gasteiger partial charge in [0, 0.05) is 18.8 Å². The molecule has 0 spiro atoms. The molecule has 1 aromatic heterocycles. The standard InChI is InChI=1S/C16H25N3/c1-5-9-15-11-14(13-17-7-3)12-16(18-15)19(8-4)10-6-2/h2,11-12,17H,5,7-10,13H2,1,3-4H3. The summed E-state index contributed by atoms with van der Waals surface area (Å²) < 4.78 is 0. The molecule has 3 heteroatoms. The molecule has 0 saturated carbocycles. The van der Waals surface area contributed by atoms with Crippen LogP contribution in [0.2, 0.25) is 0 Å². The molecule has 104 valence electrons. The minimum atomic E-state index is 0.611. The van der Waals surface area contributed by atoms with E-state index in [1.165, 1.54) is 5.56 Å². The number of rotatable bonds is 8. The van der Waals surface area contributed by atoms with Crippen LogP contribution >= 0.6 is 0 Å². The highest BCUT2D eigenvalue weighted by Gasteiger charge is 2.08. The van der Waals surface area contributed by atoms with Crippen LogP contribution in [0.15, 0.2) is 12.1 Å². The Morgan fingerprint density at radius 3 is 2.68 bits per heavy atom. The Kier molecular flexibility index (Phi) is 6.99. The molecule has 0 saturated heterocycles. The third-order valence-corrected chi connectivity index (χ3v) is 3.00. The van der Waals surface area contributed by atoms with Crippen LogP contribution in [0.1, 0.15) is 38.4 Å². The van der Waals surface area contributed by atoms with Gasteiger partial charge in [-0.3, -0.25) is 0 Å². The summed E-state index contributed by atoms with van der Waals surface area (Å²) in [6.45, 7) is 9.75. The van der Waals surface area contributed by atoms with Crippen molar-refractivity contribution in [1.29, 1.82) is 0 Å². The fraction of sp³-hybridized carbons (Fsp3) is 0.562. The highest BCUT2D eigenvalue weighted by Crippen LogP contribution is 2.16. The maximum absolute atomic E-state index is 5.43. The smallest absolute Gasteiger partial charge is 0.129 e. The monoisotopic (exact) mass is 259 g/mol. The molecule has 0 unspecified atom stereocenters. The van der Waals surface area contributed by atoms with Crippen LogP contribution in [0.4, 0.5) is 5.82 Å². The molecule has 0 aliphatic carbocycles. The Balaban J connectivity index is 3.00. The summed E-state index contributed by atoms with van der Waals surface area (Å²) in [6, 6.07) is 4.34. The lowest BCUT2D eigenvalue weighted by Crippen LogP contribution is -2.25. The quantitative estimate of drug-likeness (QED) is 0.727. The lowest BCUT2D eigenvalue weighted by molar-refractivity contribution is 0.721. The molecule has 0 bridgehead atoms. The second-order valence-corrected chi connectivity index (χ2v) is 4.57. The summed E-state index contributed by atoms with van der Waals surface area (Å²) in [5, 5.41) is 3.36. The second kappa shape index (κ2) is 8.55. The highest BCUT2D eigenvalue weighted by molar-refractivity contribution is 5.44. The third kappa shape index (κ3) is 4.92. The van der Waals surface area contributed by atoms with Gasteiger partial charge in [0.2, 0.25) is 0 Å². The van der Waals surface area contributed by atoms with E-state index in [1.54, 1.807) is 0 Å².